The highest BCUT2D eigenvalue weighted by atomic mass is 33.1. The van der Waals surface area contributed by atoms with Gasteiger partial charge in [-0.05, 0) is 19.3 Å². The molecule has 1 aliphatic rings. The molecule has 1 rings (SSSR count). The van der Waals surface area contributed by atoms with Crippen LogP contribution < -0.4 is 5.32 Å². The average Bonchev–Trinajstić information content (AvgIpc) is 2.94. The van der Waals surface area contributed by atoms with E-state index in [9.17, 15) is 4.79 Å². The predicted molar refractivity (Wildman–Crippen MR) is 79.1 cm³/mol. The minimum Gasteiger partial charge on any atom is -0.394 e. The molecule has 0 aliphatic carbocycles. The topological polar surface area (TPSA) is 89.8 Å². The second-order valence-corrected chi connectivity index (χ2v) is 7.67. The molecule has 1 fully saturated rings. The van der Waals surface area contributed by atoms with Gasteiger partial charge in [0.1, 0.15) is 5.54 Å². The summed E-state index contributed by atoms with van der Waals surface area (Å²) in [6.45, 7) is -1.41. The Bertz CT molecular complexity index is 260. The Kier molecular flexibility index (Phi) is 8.17. The second-order valence-electron chi connectivity index (χ2n) is 4.88. The highest BCUT2D eigenvalue weighted by Gasteiger charge is 2.29. The van der Waals surface area contributed by atoms with Gasteiger partial charge >= 0.3 is 0 Å². The van der Waals surface area contributed by atoms with Gasteiger partial charge in [0.2, 0.25) is 5.91 Å². The van der Waals surface area contributed by atoms with Gasteiger partial charge in [-0.1, -0.05) is 28.0 Å². The van der Waals surface area contributed by atoms with Crippen LogP contribution >= 0.6 is 21.6 Å². The van der Waals surface area contributed by atoms with Crippen molar-refractivity contribution < 1.29 is 20.1 Å². The third-order valence-electron chi connectivity index (χ3n) is 3.22. The summed E-state index contributed by atoms with van der Waals surface area (Å²) >= 11 is 0. The summed E-state index contributed by atoms with van der Waals surface area (Å²) in [4.78, 5) is 11.7. The Morgan fingerprint density at radius 2 is 1.89 bits per heavy atom. The number of rotatable bonds is 9. The molecule has 0 aromatic heterocycles. The Morgan fingerprint density at radius 1 is 1.21 bits per heavy atom. The molecule has 112 valence electrons. The van der Waals surface area contributed by atoms with Gasteiger partial charge in [0.05, 0.1) is 19.8 Å². The zero-order valence-electron chi connectivity index (χ0n) is 11.0. The van der Waals surface area contributed by atoms with Gasteiger partial charge in [-0.25, -0.2) is 0 Å². The molecule has 0 aromatic carbocycles. The summed E-state index contributed by atoms with van der Waals surface area (Å²) < 4.78 is 0. The van der Waals surface area contributed by atoms with Crippen molar-refractivity contribution in [3.63, 3.8) is 0 Å². The van der Waals surface area contributed by atoms with Crippen molar-refractivity contribution in [1.82, 2.24) is 5.32 Å². The molecule has 19 heavy (non-hydrogen) atoms. The molecule has 7 heteroatoms. The fraction of sp³-hybridized carbons (Fsp3) is 0.917. The van der Waals surface area contributed by atoms with Gasteiger partial charge in [-0.2, -0.15) is 0 Å². The maximum atomic E-state index is 11.7. The summed E-state index contributed by atoms with van der Waals surface area (Å²) in [5.74, 6) is 0.993. The van der Waals surface area contributed by atoms with Crippen molar-refractivity contribution in [3.8, 4) is 0 Å². The highest BCUT2D eigenvalue weighted by Crippen LogP contribution is 2.39. The Balaban J connectivity index is 2.16. The predicted octanol–water partition coefficient (Wildman–Crippen LogP) is 0.532. The van der Waals surface area contributed by atoms with Gasteiger partial charge in [-0.15, -0.1) is 0 Å². The van der Waals surface area contributed by atoms with E-state index in [1.807, 2.05) is 21.6 Å². The lowest BCUT2D eigenvalue weighted by molar-refractivity contribution is -0.125. The largest absolute Gasteiger partial charge is 0.394 e. The first kappa shape index (κ1) is 17.1. The Labute approximate surface area is 121 Å². The zero-order valence-corrected chi connectivity index (χ0v) is 12.6. The summed E-state index contributed by atoms with van der Waals surface area (Å²) in [6, 6.07) is 0. The van der Waals surface area contributed by atoms with E-state index in [0.717, 1.165) is 24.5 Å². The standard InChI is InChI=1S/C12H23NO4S2/c14-7-12(8-15,9-16)13-11(17)4-2-1-3-10-5-6-18-19-10/h10,14-16H,1-9H2,(H,13,17). The molecule has 1 atom stereocenters. The van der Waals surface area contributed by atoms with Crippen LogP contribution in [0.25, 0.3) is 0 Å². The molecular weight excluding hydrogens is 286 g/mol. The first-order valence-corrected chi connectivity index (χ1v) is 8.96. The van der Waals surface area contributed by atoms with E-state index in [1.165, 1.54) is 12.2 Å². The second kappa shape index (κ2) is 9.07. The smallest absolute Gasteiger partial charge is 0.220 e. The molecular formula is C12H23NO4S2. The number of nitrogens with one attached hydrogen (secondary N) is 1. The number of hydrogen-bond acceptors (Lipinski definition) is 6. The monoisotopic (exact) mass is 309 g/mol. The van der Waals surface area contributed by atoms with Crippen LogP contribution in [0.3, 0.4) is 0 Å². The van der Waals surface area contributed by atoms with Crippen molar-refractivity contribution >= 4 is 27.5 Å². The number of amides is 1. The van der Waals surface area contributed by atoms with Crippen LogP contribution in [0.4, 0.5) is 0 Å². The van der Waals surface area contributed by atoms with Gasteiger partial charge < -0.3 is 20.6 Å². The van der Waals surface area contributed by atoms with Crippen LogP contribution in [0.2, 0.25) is 0 Å². The van der Waals surface area contributed by atoms with Crippen LogP contribution in [-0.4, -0.2) is 57.6 Å². The lowest BCUT2D eigenvalue weighted by Gasteiger charge is -2.28. The fourth-order valence-corrected chi connectivity index (χ4v) is 4.88. The number of aliphatic hydroxyl groups excluding tert-OH is 3. The van der Waals surface area contributed by atoms with Crippen molar-refractivity contribution in [3.05, 3.63) is 0 Å². The van der Waals surface area contributed by atoms with Crippen LogP contribution in [0.15, 0.2) is 0 Å². The van der Waals surface area contributed by atoms with Crippen molar-refractivity contribution in [1.29, 1.82) is 0 Å². The van der Waals surface area contributed by atoms with E-state index in [2.05, 4.69) is 5.32 Å². The van der Waals surface area contributed by atoms with Crippen LogP contribution in [0.1, 0.15) is 32.1 Å². The van der Waals surface area contributed by atoms with Gasteiger partial charge in [0.15, 0.2) is 0 Å². The lowest BCUT2D eigenvalue weighted by Crippen LogP contribution is -2.57. The molecule has 1 aliphatic heterocycles. The maximum Gasteiger partial charge on any atom is 0.220 e. The first-order chi connectivity index (χ1) is 9.15. The molecule has 4 N–H and O–H groups in total. The van der Waals surface area contributed by atoms with Crippen molar-refractivity contribution in [2.45, 2.75) is 42.9 Å². The summed E-state index contributed by atoms with van der Waals surface area (Å²) in [6.07, 6.45) is 4.56. The number of carbonyl (C=O) groups excluding carboxylic acids is 1. The molecule has 1 amide bonds. The summed E-state index contributed by atoms with van der Waals surface area (Å²) in [5, 5.41) is 30.5. The molecule has 0 spiro atoms. The minimum absolute atomic E-state index is 0.231. The molecule has 1 unspecified atom stereocenters. The number of carbonyl (C=O) groups is 1. The van der Waals surface area contributed by atoms with E-state index in [-0.39, 0.29) is 5.91 Å². The minimum atomic E-state index is -1.30. The highest BCUT2D eigenvalue weighted by molar-refractivity contribution is 8.77. The van der Waals surface area contributed by atoms with E-state index < -0.39 is 25.4 Å². The molecule has 1 saturated heterocycles. The van der Waals surface area contributed by atoms with E-state index >= 15 is 0 Å². The van der Waals surface area contributed by atoms with E-state index in [4.69, 9.17) is 15.3 Å². The van der Waals surface area contributed by atoms with Gasteiger partial charge in [-0.3, -0.25) is 4.79 Å². The normalized spacial score (nSPS) is 19.6. The number of hydrogen-bond donors (Lipinski definition) is 4. The quantitative estimate of drug-likeness (QED) is 0.367. The number of aliphatic hydroxyl groups is 3. The third-order valence-corrected chi connectivity index (χ3v) is 6.23. The maximum absolute atomic E-state index is 11.7. The molecule has 1 heterocycles. The van der Waals surface area contributed by atoms with E-state index in [1.54, 1.807) is 0 Å². The SMILES string of the molecule is O=C(CCCCC1CCSS1)NC(CO)(CO)CO. The van der Waals surface area contributed by atoms with Crippen molar-refractivity contribution in [2.75, 3.05) is 25.6 Å². The van der Waals surface area contributed by atoms with Gasteiger partial charge in [0.25, 0.3) is 0 Å². The van der Waals surface area contributed by atoms with E-state index in [0.29, 0.717) is 6.42 Å². The Hall–Kier alpha value is 0.0500. The number of unbranched alkanes of at least 4 members (excludes halogenated alkanes) is 1. The molecule has 5 nitrogen and oxygen atoms in total. The van der Waals surface area contributed by atoms with Gasteiger partial charge in [0, 0.05) is 17.4 Å². The fourth-order valence-electron chi connectivity index (χ4n) is 1.85. The molecule has 0 bridgehead atoms. The third kappa shape index (κ3) is 5.91. The lowest BCUT2D eigenvalue weighted by atomic mass is 10.0. The van der Waals surface area contributed by atoms with Crippen LogP contribution in [0, 0.1) is 0 Å². The summed E-state index contributed by atoms with van der Waals surface area (Å²) in [5.41, 5.74) is -1.30. The summed E-state index contributed by atoms with van der Waals surface area (Å²) in [7, 11) is 3.86. The van der Waals surface area contributed by atoms with Crippen LogP contribution in [-0.2, 0) is 4.79 Å². The molecule has 0 aromatic rings. The molecule has 0 saturated carbocycles. The first-order valence-electron chi connectivity index (χ1n) is 6.57. The average molecular weight is 309 g/mol. The molecule has 0 radical (unpaired) electrons. The zero-order chi connectivity index (χ0) is 14.1. The Morgan fingerprint density at radius 3 is 2.42 bits per heavy atom. The van der Waals surface area contributed by atoms with Crippen LogP contribution in [0.5, 0.6) is 0 Å². The van der Waals surface area contributed by atoms with Crippen molar-refractivity contribution in [2.24, 2.45) is 0 Å².